The monoisotopic (exact) mass is 298 g/mol. The molecule has 0 aliphatic carbocycles. The van der Waals surface area contributed by atoms with Crippen molar-refractivity contribution in [3.63, 3.8) is 0 Å². The highest BCUT2D eigenvalue weighted by Crippen LogP contribution is 2.29. The molecule has 2 atom stereocenters. The Morgan fingerprint density at radius 2 is 2.20 bits per heavy atom. The summed E-state index contributed by atoms with van der Waals surface area (Å²) in [5.74, 6) is -0.270. The van der Waals surface area contributed by atoms with Gasteiger partial charge in [0.25, 0.3) is 0 Å². The van der Waals surface area contributed by atoms with Crippen LogP contribution in [0.25, 0.3) is 0 Å². The Balaban J connectivity index is 2.21. The fraction of sp³-hybridized carbons (Fsp3) is 0.462. The van der Waals surface area contributed by atoms with Crippen molar-refractivity contribution < 1.29 is 17.9 Å². The predicted octanol–water partition coefficient (Wildman–Crippen LogP) is 0.392. The van der Waals surface area contributed by atoms with Gasteiger partial charge in [-0.1, -0.05) is 6.07 Å². The van der Waals surface area contributed by atoms with Gasteiger partial charge < -0.3 is 15.8 Å². The molecular weight excluding hydrogens is 280 g/mol. The zero-order valence-corrected chi connectivity index (χ0v) is 12.2. The van der Waals surface area contributed by atoms with Gasteiger partial charge >= 0.3 is 0 Å². The molecule has 1 amide bonds. The van der Waals surface area contributed by atoms with Crippen LogP contribution < -0.4 is 11.1 Å². The first-order chi connectivity index (χ1) is 9.23. The quantitative estimate of drug-likeness (QED) is 0.841. The van der Waals surface area contributed by atoms with Crippen LogP contribution >= 0.6 is 0 Å². The molecule has 2 rings (SSSR count). The third kappa shape index (κ3) is 2.84. The first kappa shape index (κ1) is 15.0. The maximum atomic E-state index is 12.3. The number of rotatable bonds is 3. The predicted molar refractivity (Wildman–Crippen MR) is 75.1 cm³/mol. The number of anilines is 1. The Hall–Kier alpha value is -1.44. The number of nitrogens with one attached hydrogen (secondary N) is 1. The largest absolute Gasteiger partial charge is 0.379 e. The van der Waals surface area contributed by atoms with Crippen LogP contribution in [0.5, 0.6) is 0 Å². The van der Waals surface area contributed by atoms with Crippen LogP contribution in [-0.4, -0.2) is 39.8 Å². The third-order valence-electron chi connectivity index (χ3n) is 3.56. The molecule has 7 heteroatoms. The molecule has 20 heavy (non-hydrogen) atoms. The van der Waals surface area contributed by atoms with E-state index >= 15 is 0 Å². The van der Waals surface area contributed by atoms with E-state index in [-0.39, 0.29) is 23.5 Å². The van der Waals surface area contributed by atoms with E-state index in [2.05, 4.69) is 5.32 Å². The van der Waals surface area contributed by atoms with Crippen LogP contribution in [0.15, 0.2) is 29.2 Å². The molecule has 0 saturated carbocycles. The molecule has 1 aromatic carbocycles. The highest BCUT2D eigenvalue weighted by atomic mass is 32.2. The summed E-state index contributed by atoms with van der Waals surface area (Å²) in [6, 6.07) is 5.76. The molecule has 0 bridgehead atoms. The lowest BCUT2D eigenvalue weighted by molar-refractivity contribution is -0.125. The van der Waals surface area contributed by atoms with Gasteiger partial charge in [-0.2, -0.15) is 0 Å². The number of hydrogen-bond acceptors (Lipinski definition) is 5. The van der Waals surface area contributed by atoms with Crippen LogP contribution in [0.2, 0.25) is 0 Å². The smallest absolute Gasteiger partial charge is 0.234 e. The molecule has 1 fully saturated rings. The number of sulfone groups is 1. The number of hydrogen-bond donors (Lipinski definition) is 2. The van der Waals surface area contributed by atoms with Gasteiger partial charge in [0.15, 0.2) is 9.84 Å². The first-order valence-corrected chi connectivity index (χ1v) is 8.07. The number of carbonyl (C=O) groups is 1. The van der Waals surface area contributed by atoms with Gasteiger partial charge in [-0.15, -0.1) is 0 Å². The highest BCUT2D eigenvalue weighted by Gasteiger charge is 2.44. The van der Waals surface area contributed by atoms with Crippen molar-refractivity contribution in [1.29, 1.82) is 0 Å². The minimum absolute atomic E-state index is 0.160. The van der Waals surface area contributed by atoms with Crippen LogP contribution in [0.1, 0.15) is 6.92 Å². The van der Waals surface area contributed by atoms with Crippen molar-refractivity contribution in [3.05, 3.63) is 24.3 Å². The lowest BCUT2D eigenvalue weighted by atomic mass is 9.85. The molecule has 110 valence electrons. The number of nitrogens with two attached hydrogens (primary N) is 1. The van der Waals surface area contributed by atoms with Gasteiger partial charge in [0.1, 0.15) is 0 Å². The molecule has 1 aliphatic rings. The molecule has 1 heterocycles. The highest BCUT2D eigenvalue weighted by molar-refractivity contribution is 7.90. The summed E-state index contributed by atoms with van der Waals surface area (Å²) < 4.78 is 28.2. The molecule has 2 unspecified atom stereocenters. The van der Waals surface area contributed by atoms with Crippen molar-refractivity contribution in [3.8, 4) is 0 Å². The topological polar surface area (TPSA) is 98.5 Å². The Kier molecular flexibility index (Phi) is 3.86. The lowest BCUT2D eigenvalue weighted by Gasteiger charge is -2.25. The summed E-state index contributed by atoms with van der Waals surface area (Å²) in [5.41, 5.74) is 5.51. The van der Waals surface area contributed by atoms with E-state index in [4.69, 9.17) is 10.5 Å². The first-order valence-electron chi connectivity index (χ1n) is 6.18. The normalized spacial score (nSPS) is 26.4. The van der Waals surface area contributed by atoms with Gasteiger partial charge in [0.05, 0.1) is 23.5 Å². The lowest BCUT2D eigenvalue weighted by Crippen LogP contribution is -2.47. The van der Waals surface area contributed by atoms with E-state index in [0.717, 1.165) is 6.26 Å². The van der Waals surface area contributed by atoms with Gasteiger partial charge in [-0.3, -0.25) is 4.79 Å². The second-order valence-corrected chi connectivity index (χ2v) is 7.31. The summed E-state index contributed by atoms with van der Waals surface area (Å²) in [4.78, 5) is 12.4. The maximum Gasteiger partial charge on any atom is 0.234 e. The molecular formula is C13H18N2O4S. The van der Waals surface area contributed by atoms with E-state index in [1.807, 2.05) is 0 Å². The number of ether oxygens (including phenoxy) is 1. The van der Waals surface area contributed by atoms with Crippen molar-refractivity contribution in [2.24, 2.45) is 11.1 Å². The average Bonchev–Trinajstić information content (AvgIpc) is 2.70. The van der Waals surface area contributed by atoms with Gasteiger partial charge in [-0.05, 0) is 25.1 Å². The van der Waals surface area contributed by atoms with E-state index in [1.165, 1.54) is 12.1 Å². The van der Waals surface area contributed by atoms with Gasteiger partial charge in [-0.25, -0.2) is 8.42 Å². The molecule has 0 spiro atoms. The fourth-order valence-electron chi connectivity index (χ4n) is 2.00. The van der Waals surface area contributed by atoms with Crippen molar-refractivity contribution in [1.82, 2.24) is 0 Å². The van der Waals surface area contributed by atoms with Crippen LogP contribution in [0, 0.1) is 5.41 Å². The third-order valence-corrected chi connectivity index (χ3v) is 4.67. The van der Waals surface area contributed by atoms with E-state index < -0.39 is 15.3 Å². The SMILES string of the molecule is CC1(C(=O)Nc2cccc(S(C)(=O)=O)c2)COCC1N. The maximum absolute atomic E-state index is 12.3. The Morgan fingerprint density at radius 1 is 1.50 bits per heavy atom. The average molecular weight is 298 g/mol. The summed E-state index contributed by atoms with van der Waals surface area (Å²) in [7, 11) is -3.31. The molecule has 1 aliphatic heterocycles. The minimum atomic E-state index is -3.31. The Labute approximate surface area is 118 Å². The van der Waals surface area contributed by atoms with Gasteiger partial charge in [0.2, 0.25) is 5.91 Å². The zero-order chi connectivity index (χ0) is 15.0. The number of carbonyl (C=O) groups excluding carboxylic acids is 1. The zero-order valence-electron chi connectivity index (χ0n) is 11.4. The van der Waals surface area contributed by atoms with E-state index in [9.17, 15) is 13.2 Å². The molecule has 1 saturated heterocycles. The van der Waals surface area contributed by atoms with Crippen molar-refractivity contribution in [2.45, 2.75) is 17.9 Å². The molecule has 0 aromatic heterocycles. The molecule has 3 N–H and O–H groups in total. The van der Waals surface area contributed by atoms with Gasteiger partial charge in [0, 0.05) is 18.0 Å². The fourth-order valence-corrected chi connectivity index (χ4v) is 2.67. The summed E-state index contributed by atoms with van der Waals surface area (Å²) in [6.45, 7) is 2.33. The Bertz CT molecular complexity index is 629. The second kappa shape index (κ2) is 5.16. The van der Waals surface area contributed by atoms with E-state index in [0.29, 0.717) is 12.3 Å². The summed E-state index contributed by atoms with van der Waals surface area (Å²) >= 11 is 0. The molecule has 6 nitrogen and oxygen atoms in total. The summed E-state index contributed by atoms with van der Waals surface area (Å²) in [5, 5.41) is 2.70. The Morgan fingerprint density at radius 3 is 2.75 bits per heavy atom. The van der Waals surface area contributed by atoms with Crippen LogP contribution in [-0.2, 0) is 19.4 Å². The van der Waals surface area contributed by atoms with Crippen LogP contribution in [0.4, 0.5) is 5.69 Å². The molecule has 1 aromatic rings. The minimum Gasteiger partial charge on any atom is -0.379 e. The van der Waals surface area contributed by atoms with Crippen molar-refractivity contribution in [2.75, 3.05) is 24.8 Å². The second-order valence-electron chi connectivity index (χ2n) is 5.29. The summed E-state index contributed by atoms with van der Waals surface area (Å²) in [6.07, 6.45) is 1.12. The van der Waals surface area contributed by atoms with Crippen LogP contribution in [0.3, 0.4) is 0 Å². The number of amides is 1. The molecule has 0 radical (unpaired) electrons. The standard InChI is InChI=1S/C13H18N2O4S/c1-13(8-19-7-11(13)14)12(16)15-9-4-3-5-10(6-9)20(2,17)18/h3-6,11H,7-8,14H2,1-2H3,(H,15,16). The van der Waals surface area contributed by atoms with Crippen molar-refractivity contribution >= 4 is 21.4 Å². The number of benzene rings is 1. The van der Waals surface area contributed by atoms with E-state index in [1.54, 1.807) is 19.1 Å².